The first kappa shape index (κ1) is 19.9. The van der Waals surface area contributed by atoms with Gasteiger partial charge in [-0.1, -0.05) is 18.2 Å². The Morgan fingerprint density at radius 1 is 1.00 bits per heavy atom. The van der Waals surface area contributed by atoms with Gasteiger partial charge in [-0.25, -0.2) is 4.98 Å². The lowest BCUT2D eigenvalue weighted by Crippen LogP contribution is -2.28. The summed E-state index contributed by atoms with van der Waals surface area (Å²) >= 11 is 0. The molecule has 1 aromatic carbocycles. The number of carbonyl (C=O) groups is 1. The maximum atomic E-state index is 12.9. The molecule has 8 heteroatoms. The van der Waals surface area contributed by atoms with Gasteiger partial charge in [-0.3, -0.25) is 9.78 Å². The summed E-state index contributed by atoms with van der Waals surface area (Å²) in [5, 5.41) is 5.85. The Morgan fingerprint density at radius 2 is 1.73 bits per heavy atom. The van der Waals surface area contributed by atoms with Crippen LogP contribution >= 0.6 is 0 Å². The van der Waals surface area contributed by atoms with Gasteiger partial charge in [0.05, 0.1) is 5.41 Å². The molecule has 154 valence electrons. The number of aromatic nitrogens is 2. The minimum absolute atomic E-state index is 0.103. The van der Waals surface area contributed by atoms with Gasteiger partial charge in [0.1, 0.15) is 11.5 Å². The molecule has 1 saturated carbocycles. The summed E-state index contributed by atoms with van der Waals surface area (Å²) < 4.78 is 38.5. The Hall–Kier alpha value is -3.42. The van der Waals surface area contributed by atoms with Crippen molar-refractivity contribution in [1.82, 2.24) is 9.97 Å². The van der Waals surface area contributed by atoms with Gasteiger partial charge in [-0.05, 0) is 61.2 Å². The zero-order valence-electron chi connectivity index (χ0n) is 16.1. The van der Waals surface area contributed by atoms with Crippen molar-refractivity contribution in [3.05, 3.63) is 77.7 Å². The molecule has 2 heterocycles. The summed E-state index contributed by atoms with van der Waals surface area (Å²) in [6.07, 6.45) is -0.290. The van der Waals surface area contributed by atoms with E-state index < -0.39 is 17.3 Å². The fourth-order valence-corrected chi connectivity index (χ4v) is 3.32. The van der Waals surface area contributed by atoms with Gasteiger partial charge >= 0.3 is 6.18 Å². The maximum absolute atomic E-state index is 12.9. The largest absolute Gasteiger partial charge is 0.433 e. The number of nitrogens with one attached hydrogen (secondary N) is 2. The normalized spacial score (nSPS) is 14.8. The number of halogens is 3. The summed E-state index contributed by atoms with van der Waals surface area (Å²) in [6.45, 7) is 1.88. The Morgan fingerprint density at radius 3 is 2.37 bits per heavy atom. The van der Waals surface area contributed by atoms with Crippen LogP contribution in [0.1, 0.15) is 29.7 Å². The van der Waals surface area contributed by atoms with Crippen molar-refractivity contribution < 1.29 is 18.0 Å². The van der Waals surface area contributed by atoms with Crippen LogP contribution in [0.4, 0.5) is 30.4 Å². The molecular formula is C22H19F3N4O. The summed E-state index contributed by atoms with van der Waals surface area (Å²) in [4.78, 5) is 20.4. The molecule has 2 N–H and O–H groups in total. The lowest BCUT2D eigenvalue weighted by molar-refractivity contribution is -0.141. The highest BCUT2D eigenvalue weighted by molar-refractivity contribution is 6.01. The number of alkyl halides is 3. The second kappa shape index (κ2) is 7.44. The Kier molecular flexibility index (Phi) is 4.93. The summed E-state index contributed by atoms with van der Waals surface area (Å²) in [6, 6.07) is 13.3. The molecule has 0 unspecified atom stereocenters. The number of amides is 1. The third-order valence-corrected chi connectivity index (χ3v) is 5.20. The van der Waals surface area contributed by atoms with Crippen molar-refractivity contribution in [3.63, 3.8) is 0 Å². The van der Waals surface area contributed by atoms with Crippen LogP contribution < -0.4 is 10.6 Å². The monoisotopic (exact) mass is 412 g/mol. The third kappa shape index (κ3) is 3.98. The number of nitrogens with zero attached hydrogens (tertiary/aromatic N) is 2. The zero-order valence-corrected chi connectivity index (χ0v) is 16.1. The van der Waals surface area contributed by atoms with Crippen LogP contribution in [0.15, 0.2) is 60.9 Å². The maximum Gasteiger partial charge on any atom is 0.433 e. The number of hydrogen-bond acceptors (Lipinski definition) is 4. The molecule has 0 aliphatic heterocycles. The summed E-state index contributed by atoms with van der Waals surface area (Å²) in [5.74, 6) is 0.444. The molecule has 0 saturated heterocycles. The number of pyridine rings is 2. The third-order valence-electron chi connectivity index (χ3n) is 5.20. The first-order chi connectivity index (χ1) is 14.3. The minimum Gasteiger partial charge on any atom is -0.355 e. The molecule has 0 atom stereocenters. The smallest absolute Gasteiger partial charge is 0.355 e. The van der Waals surface area contributed by atoms with Gasteiger partial charge in [0.2, 0.25) is 5.91 Å². The average molecular weight is 412 g/mol. The predicted molar refractivity (Wildman–Crippen MR) is 107 cm³/mol. The van der Waals surface area contributed by atoms with E-state index in [9.17, 15) is 18.0 Å². The van der Waals surface area contributed by atoms with E-state index in [0.29, 0.717) is 11.5 Å². The molecular weight excluding hydrogens is 393 g/mol. The van der Waals surface area contributed by atoms with Gasteiger partial charge < -0.3 is 10.6 Å². The molecule has 4 rings (SSSR count). The predicted octanol–water partition coefficient (Wildman–Crippen LogP) is 5.22. The van der Waals surface area contributed by atoms with E-state index in [1.165, 1.54) is 6.07 Å². The molecule has 5 nitrogen and oxygen atoms in total. The minimum atomic E-state index is -4.50. The van der Waals surface area contributed by atoms with Crippen molar-refractivity contribution >= 4 is 23.1 Å². The SMILES string of the molecule is Cc1cccnc1NC(=O)C1(c2ccc(Nc3ccnc(C(F)(F)F)c3)cc2)CC1. The van der Waals surface area contributed by atoms with E-state index in [2.05, 4.69) is 20.6 Å². The van der Waals surface area contributed by atoms with Crippen LogP contribution in [0, 0.1) is 6.92 Å². The lowest BCUT2D eigenvalue weighted by Gasteiger charge is -2.17. The molecule has 2 aromatic heterocycles. The molecule has 1 fully saturated rings. The molecule has 0 spiro atoms. The van der Waals surface area contributed by atoms with Crippen LogP contribution in [0.2, 0.25) is 0 Å². The van der Waals surface area contributed by atoms with Crippen LogP contribution in [-0.4, -0.2) is 15.9 Å². The standard InChI is InChI=1S/C22H19F3N4O/c1-14-3-2-11-27-19(14)29-20(30)21(9-10-21)15-4-6-16(7-5-15)28-17-8-12-26-18(13-17)22(23,24)25/h2-8,11-13H,9-10H2,1H3,(H,26,28)(H,27,29,30). The average Bonchev–Trinajstić information content (AvgIpc) is 3.52. The van der Waals surface area contributed by atoms with Crippen LogP contribution in [0.25, 0.3) is 0 Å². The number of aryl methyl sites for hydroxylation is 1. The van der Waals surface area contributed by atoms with Crippen LogP contribution in [-0.2, 0) is 16.4 Å². The lowest BCUT2D eigenvalue weighted by atomic mass is 9.94. The molecule has 1 amide bonds. The van der Waals surface area contributed by atoms with Crippen molar-refractivity contribution in [2.75, 3.05) is 10.6 Å². The Labute approximate surface area is 171 Å². The zero-order chi connectivity index (χ0) is 21.4. The van der Waals surface area contributed by atoms with Gasteiger partial charge in [0.15, 0.2) is 0 Å². The van der Waals surface area contributed by atoms with Gasteiger partial charge in [-0.2, -0.15) is 13.2 Å². The molecule has 0 bridgehead atoms. The second-order valence-electron chi connectivity index (χ2n) is 7.34. The van der Waals surface area contributed by atoms with E-state index in [1.807, 2.05) is 31.2 Å². The summed E-state index contributed by atoms with van der Waals surface area (Å²) in [5.41, 5.74) is 1.11. The van der Waals surface area contributed by atoms with Gasteiger partial charge in [-0.15, -0.1) is 0 Å². The fraction of sp³-hybridized carbons (Fsp3) is 0.227. The van der Waals surface area contributed by atoms with E-state index >= 15 is 0 Å². The Bertz CT molecular complexity index is 1080. The molecule has 1 aliphatic carbocycles. The fourth-order valence-electron chi connectivity index (χ4n) is 3.32. The molecule has 30 heavy (non-hydrogen) atoms. The second-order valence-corrected chi connectivity index (χ2v) is 7.34. The summed E-state index contributed by atoms with van der Waals surface area (Å²) in [7, 11) is 0. The quantitative estimate of drug-likeness (QED) is 0.603. The molecule has 1 aliphatic rings. The highest BCUT2D eigenvalue weighted by Crippen LogP contribution is 2.49. The number of hydrogen-bond donors (Lipinski definition) is 2. The number of anilines is 3. The van der Waals surface area contributed by atoms with E-state index in [-0.39, 0.29) is 11.6 Å². The first-order valence-electron chi connectivity index (χ1n) is 9.42. The molecule has 3 aromatic rings. The number of carbonyl (C=O) groups excluding carboxylic acids is 1. The topological polar surface area (TPSA) is 66.9 Å². The first-order valence-corrected chi connectivity index (χ1v) is 9.42. The van der Waals surface area contributed by atoms with E-state index in [4.69, 9.17) is 0 Å². The van der Waals surface area contributed by atoms with Gasteiger partial charge in [0.25, 0.3) is 0 Å². The number of rotatable bonds is 5. The van der Waals surface area contributed by atoms with Crippen LogP contribution in [0.5, 0.6) is 0 Å². The van der Waals surface area contributed by atoms with E-state index in [0.717, 1.165) is 36.2 Å². The van der Waals surface area contributed by atoms with Crippen LogP contribution in [0.3, 0.4) is 0 Å². The van der Waals surface area contributed by atoms with Gasteiger partial charge in [0, 0.05) is 23.8 Å². The van der Waals surface area contributed by atoms with E-state index in [1.54, 1.807) is 18.3 Å². The Balaban J connectivity index is 1.48. The highest BCUT2D eigenvalue weighted by Gasteiger charge is 2.51. The van der Waals surface area contributed by atoms with Crippen molar-refractivity contribution in [3.8, 4) is 0 Å². The molecule has 0 radical (unpaired) electrons. The number of benzene rings is 1. The van der Waals surface area contributed by atoms with Crippen molar-refractivity contribution in [2.45, 2.75) is 31.4 Å². The van der Waals surface area contributed by atoms with Crippen molar-refractivity contribution in [2.24, 2.45) is 0 Å². The highest BCUT2D eigenvalue weighted by atomic mass is 19.4. The van der Waals surface area contributed by atoms with Crippen molar-refractivity contribution in [1.29, 1.82) is 0 Å².